The SMILES string of the molecule is C=C(F)C(=O)OCOc1ccc(OCOc2ccc(-c3ccc(OCOC4=C(c5cc(OCOc6ccc(-c7ccc(OCOc8ccc(OCOC(=O)C(=C)F)cc8)cc7)cc6)cc6cc(C)ccc56)C/C=C\C(C)=C/CC=C4)cc3)cc2)cc1. The minimum atomic E-state index is -1.20. The van der Waals surface area contributed by atoms with Gasteiger partial charge in [-0.3, -0.25) is 0 Å². The van der Waals surface area contributed by atoms with Gasteiger partial charge in [0.25, 0.3) is 0 Å². The highest BCUT2D eigenvalue weighted by Crippen LogP contribution is 2.37. The average molecular weight is 1160 g/mol. The molecule has 0 saturated carbocycles. The molecule has 8 aromatic carbocycles. The summed E-state index contributed by atoms with van der Waals surface area (Å²) in [4.78, 5) is 22.3. The van der Waals surface area contributed by atoms with Gasteiger partial charge in [-0.25, -0.2) is 9.59 Å². The minimum absolute atomic E-state index is 0.0328. The van der Waals surface area contributed by atoms with E-state index < -0.39 is 37.2 Å². The monoisotopic (exact) mass is 1160 g/mol. The van der Waals surface area contributed by atoms with Crippen molar-refractivity contribution < 1.29 is 75.2 Å². The van der Waals surface area contributed by atoms with Crippen molar-refractivity contribution in [2.75, 3.05) is 40.8 Å². The molecule has 16 heteroatoms. The number of carbonyl (C=O) groups excluding carboxylic acids is 2. The standard InChI is InChI=1S/C70H60F2O14/c1-47-8-5-6-11-68(84-44-80-59-27-19-54(20-28-59)52-15-23-57(24-16-52)76-42-78-61-31-35-63(36-32-61)82-46-86-70(74)50(4)72)66(10-7-9-47)67-40-64(39-55-38-48(2)12-37-65(55)67)83-43-79-58-25-17-53(18-26-58)51-13-21-56(22-14-51)75-41-77-60-29-33-62(34-30-60)81-45-85-69(73)49(3)71/h6-9,11-40H,3-5,10,41-46H2,1-2H3/b9-7-,11-6?,47-8-,68-66?. The van der Waals surface area contributed by atoms with E-state index in [1.165, 1.54) is 5.57 Å². The van der Waals surface area contributed by atoms with Crippen LogP contribution >= 0.6 is 0 Å². The first-order chi connectivity index (χ1) is 41.9. The molecule has 0 spiro atoms. The summed E-state index contributed by atoms with van der Waals surface area (Å²) in [7, 11) is 0. The number of fused-ring (bicyclic) bond motifs is 1. The highest BCUT2D eigenvalue weighted by Gasteiger charge is 2.17. The maximum absolute atomic E-state index is 12.8. The highest BCUT2D eigenvalue weighted by molar-refractivity contribution is 5.96. The summed E-state index contributed by atoms with van der Waals surface area (Å²) in [6, 6.07) is 54.4. The zero-order valence-corrected chi connectivity index (χ0v) is 47.2. The van der Waals surface area contributed by atoms with Crippen molar-refractivity contribution >= 4 is 28.3 Å². The third-order valence-corrected chi connectivity index (χ3v) is 13.1. The predicted molar refractivity (Wildman–Crippen MR) is 322 cm³/mol. The molecule has 0 saturated heterocycles. The summed E-state index contributed by atoms with van der Waals surface area (Å²) in [5, 5.41) is 2.06. The Labute approximate surface area is 496 Å². The summed E-state index contributed by atoms with van der Waals surface area (Å²) < 4.78 is 93.5. The van der Waals surface area contributed by atoms with Gasteiger partial charge < -0.3 is 56.8 Å². The van der Waals surface area contributed by atoms with Crippen LogP contribution in [0.25, 0.3) is 38.6 Å². The number of halogens is 2. The highest BCUT2D eigenvalue weighted by atomic mass is 19.1. The maximum Gasteiger partial charge on any atom is 0.369 e. The lowest BCUT2D eigenvalue weighted by atomic mass is 9.93. The Morgan fingerprint density at radius 1 is 0.407 bits per heavy atom. The zero-order valence-electron chi connectivity index (χ0n) is 47.2. The van der Waals surface area contributed by atoms with E-state index in [2.05, 4.69) is 79.0 Å². The number of aryl methyl sites for hydroxylation is 1. The second-order valence-electron chi connectivity index (χ2n) is 19.1. The van der Waals surface area contributed by atoms with Crippen molar-refractivity contribution in [2.24, 2.45) is 0 Å². The van der Waals surface area contributed by atoms with Crippen molar-refractivity contribution in [3.8, 4) is 74.0 Å². The van der Waals surface area contributed by atoms with Crippen molar-refractivity contribution in [1.29, 1.82) is 0 Å². The third-order valence-electron chi connectivity index (χ3n) is 13.1. The molecule has 0 N–H and O–H groups in total. The number of rotatable bonds is 27. The van der Waals surface area contributed by atoms with Gasteiger partial charge in [0.05, 0.1) is 0 Å². The van der Waals surface area contributed by atoms with E-state index in [0.717, 1.165) is 56.1 Å². The van der Waals surface area contributed by atoms with E-state index in [1.54, 1.807) is 48.5 Å². The molecular formula is C70H60F2O14. The van der Waals surface area contributed by atoms with Crippen molar-refractivity contribution in [3.05, 3.63) is 254 Å². The van der Waals surface area contributed by atoms with Crippen molar-refractivity contribution in [2.45, 2.75) is 26.7 Å². The van der Waals surface area contributed by atoms with Gasteiger partial charge in [-0.05, 0) is 181 Å². The number of allylic oxidation sites excluding steroid dienone is 7. The quantitative estimate of drug-likeness (QED) is 0.0273. The van der Waals surface area contributed by atoms with Crippen LogP contribution in [0, 0.1) is 6.92 Å². The molecule has 86 heavy (non-hydrogen) atoms. The average Bonchev–Trinajstić information content (AvgIpc) is 3.54. The second kappa shape index (κ2) is 30.0. The number of hydrogen-bond donors (Lipinski definition) is 0. The van der Waals surface area contributed by atoms with Gasteiger partial charge in [0.2, 0.25) is 52.4 Å². The molecule has 0 heterocycles. The largest absolute Gasteiger partial charge is 0.458 e. The first-order valence-electron chi connectivity index (χ1n) is 27.1. The Kier molecular flexibility index (Phi) is 20.9. The molecule has 0 aromatic heterocycles. The lowest BCUT2D eigenvalue weighted by Crippen LogP contribution is -2.10. The Morgan fingerprint density at radius 3 is 1.16 bits per heavy atom. The Bertz CT molecular complexity index is 3740. The molecule has 0 radical (unpaired) electrons. The van der Waals surface area contributed by atoms with E-state index >= 15 is 0 Å². The molecule has 0 bridgehead atoms. The Morgan fingerprint density at radius 2 is 0.767 bits per heavy atom. The number of ether oxygens (including phenoxy) is 12. The molecule has 0 amide bonds. The minimum Gasteiger partial charge on any atom is -0.458 e. The van der Waals surface area contributed by atoms with Gasteiger partial charge in [-0.2, -0.15) is 8.78 Å². The van der Waals surface area contributed by atoms with Gasteiger partial charge in [0.15, 0.2) is 0 Å². The van der Waals surface area contributed by atoms with Gasteiger partial charge in [0, 0.05) is 5.57 Å². The van der Waals surface area contributed by atoms with Crippen LogP contribution in [0.5, 0.6) is 51.7 Å². The molecule has 1 aliphatic carbocycles. The zero-order chi connectivity index (χ0) is 60.0. The summed E-state index contributed by atoms with van der Waals surface area (Å²) in [5.74, 6) is 0.913. The third kappa shape index (κ3) is 17.6. The van der Waals surface area contributed by atoms with E-state index in [4.69, 9.17) is 47.4 Å². The first kappa shape index (κ1) is 59.9. The summed E-state index contributed by atoms with van der Waals surface area (Å²) in [6.45, 7) is 8.86. The van der Waals surface area contributed by atoms with E-state index in [9.17, 15) is 18.4 Å². The van der Waals surface area contributed by atoms with Crippen LogP contribution in [0.2, 0.25) is 0 Å². The van der Waals surface area contributed by atoms with Crippen LogP contribution in [0.4, 0.5) is 8.78 Å². The van der Waals surface area contributed by atoms with Crippen LogP contribution in [0.3, 0.4) is 0 Å². The number of esters is 2. The van der Waals surface area contributed by atoms with Gasteiger partial charge in [0.1, 0.15) is 57.5 Å². The molecule has 1 aliphatic rings. The summed E-state index contributed by atoms with van der Waals surface area (Å²) in [6.07, 6.45) is 11.8. The fraction of sp³-hybridized carbons (Fsp3) is 0.143. The maximum atomic E-state index is 12.8. The van der Waals surface area contributed by atoms with E-state index in [0.29, 0.717) is 63.9 Å². The van der Waals surface area contributed by atoms with Gasteiger partial charge in [-0.15, -0.1) is 0 Å². The van der Waals surface area contributed by atoms with Crippen LogP contribution in [-0.2, 0) is 23.8 Å². The number of hydrogen-bond acceptors (Lipinski definition) is 14. The molecule has 9 rings (SSSR count). The second-order valence-corrected chi connectivity index (χ2v) is 19.1. The molecule has 0 unspecified atom stereocenters. The molecule has 14 nitrogen and oxygen atoms in total. The van der Waals surface area contributed by atoms with Crippen molar-refractivity contribution in [1.82, 2.24) is 0 Å². The Balaban J connectivity index is 0.778. The Hall–Kier alpha value is -10.7. The van der Waals surface area contributed by atoms with Crippen LogP contribution < -0.4 is 42.6 Å². The normalized spacial score (nSPS) is 13.0. The van der Waals surface area contributed by atoms with Gasteiger partial charge in [-0.1, -0.05) is 115 Å². The molecular weight excluding hydrogens is 1100 g/mol. The lowest BCUT2D eigenvalue weighted by Gasteiger charge is -2.18. The van der Waals surface area contributed by atoms with Crippen molar-refractivity contribution in [3.63, 3.8) is 0 Å². The molecule has 438 valence electrons. The smallest absolute Gasteiger partial charge is 0.369 e. The molecule has 8 aromatic rings. The number of carbonyl (C=O) groups is 2. The summed E-state index contributed by atoms with van der Waals surface area (Å²) in [5.41, 5.74) is 8.13. The van der Waals surface area contributed by atoms with Crippen LogP contribution in [-0.4, -0.2) is 52.7 Å². The topological polar surface area (TPSA) is 145 Å². The first-order valence-corrected chi connectivity index (χ1v) is 27.1. The molecule has 0 fully saturated rings. The molecule has 0 aliphatic heterocycles. The van der Waals surface area contributed by atoms with E-state index in [-0.39, 0.29) is 27.2 Å². The lowest BCUT2D eigenvalue weighted by molar-refractivity contribution is -0.148. The summed E-state index contributed by atoms with van der Waals surface area (Å²) >= 11 is 0. The fourth-order valence-corrected chi connectivity index (χ4v) is 8.59. The van der Waals surface area contributed by atoms with Crippen LogP contribution in [0.1, 0.15) is 30.9 Å². The van der Waals surface area contributed by atoms with Crippen LogP contribution in [0.15, 0.2) is 242 Å². The predicted octanol–water partition coefficient (Wildman–Crippen LogP) is 16.1. The van der Waals surface area contributed by atoms with E-state index in [1.807, 2.05) is 115 Å². The van der Waals surface area contributed by atoms with Gasteiger partial charge >= 0.3 is 11.9 Å². The fourth-order valence-electron chi connectivity index (χ4n) is 8.59. The molecule has 0 atom stereocenters. The number of benzene rings is 8.